The Labute approximate surface area is 214 Å². The molecule has 8 nitrogen and oxygen atoms in total. The molecular formula is C28H41N3O5. The van der Waals surface area contributed by atoms with Crippen molar-refractivity contribution in [3.63, 3.8) is 0 Å². The number of hydrogen-bond donors (Lipinski definition) is 3. The van der Waals surface area contributed by atoms with Gasteiger partial charge in [0.05, 0.1) is 24.0 Å². The molecule has 0 saturated carbocycles. The van der Waals surface area contributed by atoms with Crippen LogP contribution in [0.25, 0.3) is 0 Å². The number of carbonyl (C=O) groups is 3. The zero-order chi connectivity index (χ0) is 26.5. The molecule has 5 atom stereocenters. The highest BCUT2D eigenvalue weighted by atomic mass is 16.5. The van der Waals surface area contributed by atoms with Gasteiger partial charge in [-0.1, -0.05) is 51.1 Å². The molecule has 0 aliphatic carbocycles. The summed E-state index contributed by atoms with van der Waals surface area (Å²) in [4.78, 5) is 42.6. The van der Waals surface area contributed by atoms with E-state index in [0.29, 0.717) is 19.4 Å². The minimum Gasteiger partial charge on any atom is -0.395 e. The Morgan fingerprint density at radius 1 is 1.11 bits per heavy atom. The zero-order valence-corrected chi connectivity index (χ0v) is 22.4. The molecule has 3 fully saturated rings. The van der Waals surface area contributed by atoms with Crippen LogP contribution < -0.4 is 10.6 Å². The maximum Gasteiger partial charge on any atom is 0.246 e. The molecule has 0 aromatic heterocycles. The topological polar surface area (TPSA) is 108 Å². The smallest absolute Gasteiger partial charge is 0.246 e. The number of nitrogens with one attached hydrogen (secondary N) is 2. The van der Waals surface area contributed by atoms with Crippen molar-refractivity contribution in [3.05, 3.63) is 35.9 Å². The van der Waals surface area contributed by atoms with Crippen LogP contribution in [0.4, 0.5) is 0 Å². The Hall–Kier alpha value is -2.45. The molecule has 1 spiro atoms. The van der Waals surface area contributed by atoms with Crippen molar-refractivity contribution in [2.24, 2.45) is 17.3 Å². The van der Waals surface area contributed by atoms with Gasteiger partial charge in [-0.3, -0.25) is 14.4 Å². The second kappa shape index (κ2) is 9.14. The lowest BCUT2D eigenvalue weighted by molar-refractivity contribution is -0.147. The van der Waals surface area contributed by atoms with Crippen LogP contribution in [-0.2, 0) is 25.7 Å². The first-order valence-electron chi connectivity index (χ1n) is 13.0. The van der Waals surface area contributed by atoms with Gasteiger partial charge in [0.2, 0.25) is 17.7 Å². The highest BCUT2D eigenvalue weighted by Gasteiger charge is 2.77. The lowest BCUT2D eigenvalue weighted by Gasteiger charge is -2.38. The maximum atomic E-state index is 13.8. The van der Waals surface area contributed by atoms with Crippen LogP contribution in [0.3, 0.4) is 0 Å². The van der Waals surface area contributed by atoms with Gasteiger partial charge < -0.3 is 25.4 Å². The van der Waals surface area contributed by atoms with E-state index in [4.69, 9.17) is 4.74 Å². The van der Waals surface area contributed by atoms with E-state index >= 15 is 0 Å². The van der Waals surface area contributed by atoms with Crippen molar-refractivity contribution in [3.8, 4) is 0 Å². The van der Waals surface area contributed by atoms with Crippen molar-refractivity contribution in [1.82, 2.24) is 15.5 Å². The molecule has 2 bridgehead atoms. The van der Waals surface area contributed by atoms with E-state index in [-0.39, 0.29) is 36.3 Å². The fraction of sp³-hybridized carbons (Fsp3) is 0.679. The van der Waals surface area contributed by atoms with E-state index in [9.17, 15) is 19.5 Å². The summed E-state index contributed by atoms with van der Waals surface area (Å²) in [6, 6.07) is 8.72. The normalized spacial score (nSPS) is 31.5. The van der Waals surface area contributed by atoms with Crippen LogP contribution in [0.1, 0.15) is 66.4 Å². The summed E-state index contributed by atoms with van der Waals surface area (Å²) in [5.74, 6) is -2.28. The van der Waals surface area contributed by atoms with Crippen molar-refractivity contribution < 1.29 is 24.2 Å². The maximum absolute atomic E-state index is 13.8. The zero-order valence-electron chi connectivity index (χ0n) is 22.4. The van der Waals surface area contributed by atoms with Crippen LogP contribution >= 0.6 is 0 Å². The number of benzene rings is 1. The Morgan fingerprint density at radius 3 is 2.39 bits per heavy atom. The number of fused-ring (bicyclic) bond motifs is 1. The Morgan fingerprint density at radius 2 is 1.78 bits per heavy atom. The number of likely N-dealkylation sites (tertiary alicyclic amines) is 1. The first kappa shape index (κ1) is 26.6. The van der Waals surface area contributed by atoms with Gasteiger partial charge in [0.25, 0.3) is 0 Å². The Bertz CT molecular complexity index is 1020. The van der Waals surface area contributed by atoms with Crippen molar-refractivity contribution in [2.75, 3.05) is 13.2 Å². The quantitative estimate of drug-likeness (QED) is 0.509. The molecular weight excluding hydrogens is 458 g/mol. The third-order valence-corrected chi connectivity index (χ3v) is 7.89. The molecule has 198 valence electrons. The third-order valence-electron chi connectivity index (χ3n) is 7.89. The standard InChI is InChI=1S/C28H41N3O5/c1-25(2,3)17-26(4,5)30-23(34)21-28-13-12-27(6,36-28)19(20(28)24(35)31(21)14-15-32)22(33)29-16-18-10-8-7-9-11-18/h7-11,19-21,32H,12-17H2,1-6H3,(H,29,33)(H,30,34)/t19-,20+,21?,27+,28?/m1/s1. The average Bonchev–Trinajstić information content (AvgIpc) is 3.32. The summed E-state index contributed by atoms with van der Waals surface area (Å²) in [5, 5.41) is 15.9. The summed E-state index contributed by atoms with van der Waals surface area (Å²) in [5.41, 5.74) is -1.46. The summed E-state index contributed by atoms with van der Waals surface area (Å²) in [6.07, 6.45) is 1.84. The van der Waals surface area contributed by atoms with Gasteiger partial charge in [-0.15, -0.1) is 0 Å². The minimum atomic E-state index is -1.09. The lowest BCUT2D eigenvalue weighted by Crippen LogP contribution is -2.59. The SMILES string of the molecule is CC(C)(C)CC(C)(C)NC(=O)C1N(CCO)C(=O)[C@@H]2[C@H](C(=O)NCc3ccccc3)[C@]3(C)CCC12O3. The molecule has 3 heterocycles. The molecule has 3 saturated heterocycles. The van der Waals surface area contributed by atoms with Gasteiger partial charge in [0.1, 0.15) is 11.6 Å². The van der Waals surface area contributed by atoms with Crippen LogP contribution in [-0.4, -0.2) is 63.7 Å². The number of aliphatic hydroxyl groups is 1. The van der Waals surface area contributed by atoms with E-state index in [1.54, 1.807) is 0 Å². The Kier molecular flexibility index (Phi) is 6.75. The van der Waals surface area contributed by atoms with E-state index in [0.717, 1.165) is 12.0 Å². The largest absolute Gasteiger partial charge is 0.395 e. The second-order valence-electron chi connectivity index (χ2n) is 12.8. The van der Waals surface area contributed by atoms with Crippen LogP contribution in [0.2, 0.25) is 0 Å². The summed E-state index contributed by atoms with van der Waals surface area (Å²) >= 11 is 0. The predicted octanol–water partition coefficient (Wildman–Crippen LogP) is 2.39. The van der Waals surface area contributed by atoms with E-state index in [1.165, 1.54) is 4.90 Å². The number of aliphatic hydroxyl groups excluding tert-OH is 1. The molecule has 1 aromatic rings. The highest BCUT2D eigenvalue weighted by Crippen LogP contribution is 2.63. The minimum absolute atomic E-state index is 0.00832. The molecule has 36 heavy (non-hydrogen) atoms. The molecule has 3 N–H and O–H groups in total. The number of β-amino-alcohol motifs (C(OH)–C–C–N with tert-alkyl or cyclic N) is 1. The molecule has 0 radical (unpaired) electrons. The number of amides is 3. The number of hydrogen-bond acceptors (Lipinski definition) is 5. The van der Waals surface area contributed by atoms with Crippen LogP contribution in [0.5, 0.6) is 0 Å². The molecule has 3 aliphatic rings. The molecule has 3 aliphatic heterocycles. The third kappa shape index (κ3) is 4.65. The molecule has 1 aromatic carbocycles. The first-order chi connectivity index (χ1) is 16.7. The Balaban J connectivity index is 1.62. The van der Waals surface area contributed by atoms with Crippen LogP contribution in [0.15, 0.2) is 30.3 Å². The first-order valence-corrected chi connectivity index (χ1v) is 13.0. The van der Waals surface area contributed by atoms with E-state index in [2.05, 4.69) is 31.4 Å². The summed E-state index contributed by atoms with van der Waals surface area (Å²) in [7, 11) is 0. The predicted molar refractivity (Wildman–Crippen MR) is 136 cm³/mol. The number of carbonyl (C=O) groups excluding carboxylic acids is 3. The summed E-state index contributed by atoms with van der Waals surface area (Å²) < 4.78 is 6.59. The second-order valence-corrected chi connectivity index (χ2v) is 12.8. The van der Waals surface area contributed by atoms with Gasteiger partial charge in [0, 0.05) is 18.6 Å². The number of rotatable bonds is 8. The average molecular weight is 500 g/mol. The van der Waals surface area contributed by atoms with Crippen molar-refractivity contribution >= 4 is 17.7 Å². The number of ether oxygens (including phenoxy) is 1. The van der Waals surface area contributed by atoms with Gasteiger partial charge >= 0.3 is 0 Å². The molecule has 4 rings (SSSR count). The van der Waals surface area contributed by atoms with Crippen molar-refractivity contribution in [2.45, 2.75) is 90.1 Å². The van der Waals surface area contributed by atoms with Gasteiger partial charge in [-0.25, -0.2) is 0 Å². The highest BCUT2D eigenvalue weighted by molar-refractivity contribution is 5.99. The van der Waals surface area contributed by atoms with Crippen LogP contribution in [0, 0.1) is 17.3 Å². The van der Waals surface area contributed by atoms with Gasteiger partial charge in [-0.05, 0) is 51.0 Å². The fourth-order valence-electron chi connectivity index (χ4n) is 7.14. The summed E-state index contributed by atoms with van der Waals surface area (Å²) in [6.45, 7) is 12.3. The van der Waals surface area contributed by atoms with Gasteiger partial charge in [-0.2, -0.15) is 0 Å². The number of nitrogens with zero attached hydrogens (tertiary/aromatic N) is 1. The van der Waals surface area contributed by atoms with Crippen molar-refractivity contribution in [1.29, 1.82) is 0 Å². The lowest BCUT2D eigenvalue weighted by atomic mass is 9.66. The van der Waals surface area contributed by atoms with E-state index in [1.807, 2.05) is 51.1 Å². The van der Waals surface area contributed by atoms with Gasteiger partial charge in [0.15, 0.2) is 0 Å². The fourth-order valence-corrected chi connectivity index (χ4v) is 7.14. The molecule has 8 heteroatoms. The molecule has 3 amide bonds. The molecule has 2 unspecified atom stereocenters. The monoisotopic (exact) mass is 499 g/mol. The van der Waals surface area contributed by atoms with E-state index < -0.39 is 34.6 Å².